The summed E-state index contributed by atoms with van der Waals surface area (Å²) in [5.74, 6) is -0.996. The smallest absolute Gasteiger partial charge is 0.263 e. The minimum atomic E-state index is -4.03. The number of hydroxylamine groups is 1. The maximum absolute atomic E-state index is 12.8. The summed E-state index contributed by atoms with van der Waals surface area (Å²) in [5, 5.41) is 8.87. The van der Waals surface area contributed by atoms with Crippen molar-refractivity contribution in [1.29, 1.82) is 0 Å². The lowest BCUT2D eigenvalue weighted by atomic mass is 10.2. The molecule has 0 unspecified atom stereocenters. The molecular weight excluding hydrogens is 426 g/mol. The monoisotopic (exact) mass is 441 g/mol. The molecule has 1 amide bonds. The number of hydrogen-bond acceptors (Lipinski definition) is 6. The summed E-state index contributed by atoms with van der Waals surface area (Å²) in [6.45, 7) is -0.658. The van der Waals surface area contributed by atoms with Gasteiger partial charge in [-0.05, 0) is 24.3 Å². The van der Waals surface area contributed by atoms with Crippen molar-refractivity contribution >= 4 is 41.9 Å². The predicted molar refractivity (Wildman–Crippen MR) is 88.2 cm³/mol. The molecule has 0 radical (unpaired) electrons. The second kappa shape index (κ2) is 7.06. The first-order valence-electron chi connectivity index (χ1n) is 6.74. The summed E-state index contributed by atoms with van der Waals surface area (Å²) < 4.78 is 51.4. The number of benzene rings is 1. The number of sulfonamides is 2. The molecule has 9 nitrogen and oxygen atoms in total. The van der Waals surface area contributed by atoms with Crippen molar-refractivity contribution in [2.45, 2.75) is 10.9 Å². The van der Waals surface area contributed by atoms with E-state index in [2.05, 4.69) is 15.9 Å². The van der Waals surface area contributed by atoms with Crippen LogP contribution >= 0.6 is 15.9 Å². The van der Waals surface area contributed by atoms with E-state index in [0.29, 0.717) is 4.47 Å². The molecule has 134 valence electrons. The Bertz CT molecular complexity index is 825. The van der Waals surface area contributed by atoms with E-state index in [9.17, 15) is 21.6 Å². The fraction of sp³-hybridized carbons (Fsp3) is 0.417. The fourth-order valence-electron chi connectivity index (χ4n) is 2.36. The van der Waals surface area contributed by atoms with Crippen molar-refractivity contribution in [3.63, 3.8) is 0 Å². The quantitative estimate of drug-likeness (QED) is 0.483. The van der Waals surface area contributed by atoms with Gasteiger partial charge in [-0.1, -0.05) is 15.9 Å². The average molecular weight is 442 g/mol. The molecule has 1 saturated heterocycles. The first kappa shape index (κ1) is 19.3. The maximum Gasteiger partial charge on any atom is 0.263 e. The van der Waals surface area contributed by atoms with Gasteiger partial charge in [0.05, 0.1) is 11.2 Å². The summed E-state index contributed by atoms with van der Waals surface area (Å²) in [6, 6.07) is 4.46. The molecule has 1 fully saturated rings. The van der Waals surface area contributed by atoms with Gasteiger partial charge in [0, 0.05) is 24.1 Å². The molecule has 0 saturated carbocycles. The third-order valence-corrected chi connectivity index (χ3v) is 7.32. The van der Waals surface area contributed by atoms with E-state index in [-0.39, 0.29) is 24.5 Å². The second-order valence-corrected chi connectivity index (χ2v) is 9.97. The number of rotatable bonds is 4. The van der Waals surface area contributed by atoms with Gasteiger partial charge in [0.25, 0.3) is 5.91 Å². The van der Waals surface area contributed by atoms with Crippen LogP contribution in [0.2, 0.25) is 0 Å². The maximum atomic E-state index is 12.8. The molecule has 1 aromatic carbocycles. The number of nitrogens with zero attached hydrogens (tertiary/aromatic N) is 2. The Labute approximate surface area is 148 Å². The average Bonchev–Trinajstić information content (AvgIpc) is 2.53. The lowest BCUT2D eigenvalue weighted by molar-refractivity contribution is -0.134. The molecule has 12 heteroatoms. The van der Waals surface area contributed by atoms with Gasteiger partial charge < -0.3 is 0 Å². The van der Waals surface area contributed by atoms with Crippen molar-refractivity contribution in [3.8, 4) is 0 Å². The molecule has 0 bridgehead atoms. The Hall–Kier alpha value is -1.05. The molecule has 1 aliphatic heterocycles. The highest BCUT2D eigenvalue weighted by atomic mass is 79.9. The molecule has 1 aliphatic rings. The van der Waals surface area contributed by atoms with Crippen LogP contribution < -0.4 is 5.48 Å². The zero-order valence-electron chi connectivity index (χ0n) is 12.6. The Morgan fingerprint density at radius 3 is 2.29 bits per heavy atom. The van der Waals surface area contributed by atoms with Crippen LogP contribution in [0.25, 0.3) is 0 Å². The van der Waals surface area contributed by atoms with Crippen LogP contribution in [0.15, 0.2) is 33.6 Å². The summed E-state index contributed by atoms with van der Waals surface area (Å²) >= 11 is 3.21. The normalized spacial score (nSPS) is 20.7. The molecule has 1 aromatic rings. The van der Waals surface area contributed by atoms with Crippen LogP contribution in [-0.2, 0) is 24.8 Å². The lowest BCUT2D eigenvalue weighted by Crippen LogP contribution is -2.60. The van der Waals surface area contributed by atoms with Gasteiger partial charge >= 0.3 is 0 Å². The van der Waals surface area contributed by atoms with E-state index in [1.165, 1.54) is 17.6 Å². The topological polar surface area (TPSA) is 124 Å². The summed E-state index contributed by atoms with van der Waals surface area (Å²) in [6.07, 6.45) is 0.972. The summed E-state index contributed by atoms with van der Waals surface area (Å²) in [5.41, 5.74) is 1.40. The number of amides is 1. The Morgan fingerprint density at radius 2 is 1.79 bits per heavy atom. The van der Waals surface area contributed by atoms with Crippen molar-refractivity contribution in [3.05, 3.63) is 28.7 Å². The van der Waals surface area contributed by atoms with Crippen LogP contribution in [-0.4, -0.2) is 68.5 Å². The standard InChI is InChI=1S/C12H16BrN3O6S2/c1-23(19,20)15-6-7-16(11(8-15)12(17)14-18)24(21,22)10-4-2-9(13)3-5-10/h2-5,11,18H,6-8H2,1H3,(H,14,17)/t11-/m1/s1. The SMILES string of the molecule is CS(=O)(=O)N1CCN(S(=O)(=O)c2ccc(Br)cc2)[C@@H](C(=O)NO)C1. The number of nitrogens with one attached hydrogen (secondary N) is 1. The number of halogens is 1. The highest BCUT2D eigenvalue weighted by Crippen LogP contribution is 2.24. The largest absolute Gasteiger partial charge is 0.289 e. The highest BCUT2D eigenvalue weighted by molar-refractivity contribution is 9.10. The van der Waals surface area contributed by atoms with Gasteiger partial charge in [-0.3, -0.25) is 10.0 Å². The van der Waals surface area contributed by atoms with Crippen LogP contribution in [0.3, 0.4) is 0 Å². The number of carbonyl (C=O) groups excluding carboxylic acids is 1. The first-order chi connectivity index (χ1) is 11.1. The Morgan fingerprint density at radius 1 is 1.21 bits per heavy atom. The second-order valence-electron chi connectivity index (χ2n) is 5.18. The van der Waals surface area contributed by atoms with Crippen LogP contribution in [0.5, 0.6) is 0 Å². The van der Waals surface area contributed by atoms with E-state index in [1.807, 2.05) is 0 Å². The Kier molecular flexibility index (Phi) is 5.67. The van der Waals surface area contributed by atoms with E-state index >= 15 is 0 Å². The third kappa shape index (κ3) is 3.95. The molecule has 2 rings (SSSR count). The molecule has 0 aromatic heterocycles. The molecule has 24 heavy (non-hydrogen) atoms. The number of hydrogen-bond donors (Lipinski definition) is 2. The van der Waals surface area contributed by atoms with Gasteiger partial charge in [0.2, 0.25) is 20.0 Å². The van der Waals surface area contributed by atoms with E-state index in [4.69, 9.17) is 5.21 Å². The van der Waals surface area contributed by atoms with Crippen LogP contribution in [0, 0.1) is 0 Å². The zero-order valence-corrected chi connectivity index (χ0v) is 15.8. The molecule has 2 N–H and O–H groups in total. The van der Waals surface area contributed by atoms with Crippen molar-refractivity contribution in [2.75, 3.05) is 25.9 Å². The van der Waals surface area contributed by atoms with Gasteiger partial charge in [0.15, 0.2) is 0 Å². The van der Waals surface area contributed by atoms with E-state index in [1.54, 1.807) is 12.1 Å². The molecule has 1 heterocycles. The van der Waals surface area contributed by atoms with Crippen molar-refractivity contribution in [1.82, 2.24) is 14.1 Å². The van der Waals surface area contributed by atoms with E-state index in [0.717, 1.165) is 14.9 Å². The molecular formula is C12H16BrN3O6S2. The van der Waals surface area contributed by atoms with Crippen molar-refractivity contribution < 1.29 is 26.8 Å². The van der Waals surface area contributed by atoms with E-state index < -0.39 is 32.0 Å². The summed E-state index contributed by atoms with van der Waals surface area (Å²) in [7, 11) is -7.63. The third-order valence-electron chi connectivity index (χ3n) is 3.60. The zero-order chi connectivity index (χ0) is 18.1. The van der Waals surface area contributed by atoms with Gasteiger partial charge in [-0.2, -0.15) is 8.61 Å². The molecule has 0 aliphatic carbocycles. The minimum Gasteiger partial charge on any atom is -0.289 e. The predicted octanol–water partition coefficient (Wildman–Crippen LogP) is -0.411. The summed E-state index contributed by atoms with van der Waals surface area (Å²) in [4.78, 5) is 11.9. The molecule has 1 atom stereocenters. The van der Waals surface area contributed by atoms with Crippen molar-refractivity contribution in [2.24, 2.45) is 0 Å². The number of piperazine rings is 1. The molecule has 0 spiro atoms. The minimum absolute atomic E-state index is 0.0331. The van der Waals surface area contributed by atoms with Crippen LogP contribution in [0.4, 0.5) is 0 Å². The lowest BCUT2D eigenvalue weighted by Gasteiger charge is -2.37. The first-order valence-corrected chi connectivity index (χ1v) is 10.8. The highest BCUT2D eigenvalue weighted by Gasteiger charge is 2.42. The fourth-order valence-corrected chi connectivity index (χ4v) is 5.02. The van der Waals surface area contributed by atoms with Gasteiger partial charge in [-0.15, -0.1) is 0 Å². The van der Waals surface area contributed by atoms with Crippen LogP contribution in [0.1, 0.15) is 0 Å². The Balaban J connectivity index is 2.40. The number of carbonyl (C=O) groups is 1. The van der Waals surface area contributed by atoms with Gasteiger partial charge in [0.1, 0.15) is 6.04 Å². The van der Waals surface area contributed by atoms with Gasteiger partial charge in [-0.25, -0.2) is 22.3 Å².